The summed E-state index contributed by atoms with van der Waals surface area (Å²) < 4.78 is 2.20. The number of fused-ring (bicyclic) bond motifs is 1. The maximum absolute atomic E-state index is 4.61. The number of nitrogens with zero attached hydrogens (tertiary/aromatic N) is 2. The van der Waals surface area contributed by atoms with Gasteiger partial charge in [0.05, 0.1) is 11.4 Å². The number of rotatable bonds is 3. The molecule has 3 nitrogen and oxygen atoms in total. The Kier molecular flexibility index (Phi) is 3.56. The van der Waals surface area contributed by atoms with Gasteiger partial charge in [-0.15, -0.1) is 0 Å². The zero-order valence-corrected chi connectivity index (χ0v) is 11.9. The van der Waals surface area contributed by atoms with E-state index in [4.69, 9.17) is 0 Å². The molecule has 0 radical (unpaired) electrons. The van der Waals surface area contributed by atoms with Crippen molar-refractivity contribution in [2.24, 2.45) is 5.92 Å². The van der Waals surface area contributed by atoms with E-state index in [1.807, 2.05) is 6.07 Å². The molecule has 0 atom stereocenters. The minimum atomic E-state index is 0.685. The Balaban J connectivity index is 1.70. The van der Waals surface area contributed by atoms with Crippen LogP contribution < -0.4 is 5.32 Å². The van der Waals surface area contributed by atoms with Gasteiger partial charge < -0.3 is 9.72 Å². The highest BCUT2D eigenvalue weighted by atomic mass is 15.0. The van der Waals surface area contributed by atoms with Crippen molar-refractivity contribution in [2.75, 3.05) is 0 Å². The predicted octanol–water partition coefficient (Wildman–Crippen LogP) is 3.31. The van der Waals surface area contributed by atoms with E-state index in [9.17, 15) is 0 Å². The summed E-state index contributed by atoms with van der Waals surface area (Å²) in [4.78, 5) is 4.61. The second-order valence-corrected chi connectivity index (χ2v) is 5.91. The van der Waals surface area contributed by atoms with E-state index < -0.39 is 0 Å². The largest absolute Gasteiger partial charge is 0.308 e. The molecule has 102 valence electrons. The van der Waals surface area contributed by atoms with Gasteiger partial charge in [-0.1, -0.05) is 13.0 Å². The van der Waals surface area contributed by atoms with Gasteiger partial charge in [-0.2, -0.15) is 0 Å². The number of nitrogens with one attached hydrogen (secondary N) is 1. The number of hydrogen-bond acceptors (Lipinski definition) is 2. The first-order valence-corrected chi connectivity index (χ1v) is 7.40. The molecular weight excluding hydrogens is 234 g/mol. The highest BCUT2D eigenvalue weighted by molar-refractivity contribution is 5.42. The van der Waals surface area contributed by atoms with Crippen molar-refractivity contribution in [3.63, 3.8) is 0 Å². The Bertz CT molecular complexity index is 550. The molecule has 3 rings (SSSR count). The molecule has 1 N–H and O–H groups in total. The lowest BCUT2D eigenvalue weighted by Gasteiger charge is -2.27. The Hall–Kier alpha value is -1.35. The number of aromatic nitrogens is 2. The van der Waals surface area contributed by atoms with Gasteiger partial charge in [0, 0.05) is 18.8 Å². The Morgan fingerprint density at radius 1 is 1.26 bits per heavy atom. The monoisotopic (exact) mass is 257 g/mol. The summed E-state index contributed by atoms with van der Waals surface area (Å²) in [7, 11) is 0. The molecule has 0 amide bonds. The number of imidazole rings is 1. The van der Waals surface area contributed by atoms with Crippen LogP contribution in [0.25, 0.3) is 5.65 Å². The zero-order valence-electron chi connectivity index (χ0n) is 11.9. The minimum Gasteiger partial charge on any atom is -0.308 e. The van der Waals surface area contributed by atoms with Gasteiger partial charge >= 0.3 is 0 Å². The highest BCUT2D eigenvalue weighted by Crippen LogP contribution is 2.23. The van der Waals surface area contributed by atoms with Crippen LogP contribution in [0.1, 0.15) is 44.0 Å². The molecule has 1 aliphatic carbocycles. The Labute approximate surface area is 115 Å². The summed E-state index contributed by atoms with van der Waals surface area (Å²) in [6.45, 7) is 5.40. The van der Waals surface area contributed by atoms with Crippen molar-refractivity contribution in [3.05, 3.63) is 35.8 Å². The number of aryl methyl sites for hydroxylation is 1. The first kappa shape index (κ1) is 12.7. The highest BCUT2D eigenvalue weighted by Gasteiger charge is 2.18. The minimum absolute atomic E-state index is 0.685. The molecule has 3 heteroatoms. The van der Waals surface area contributed by atoms with Gasteiger partial charge in [0.15, 0.2) is 0 Å². The maximum atomic E-state index is 4.61. The van der Waals surface area contributed by atoms with Gasteiger partial charge in [0.1, 0.15) is 5.65 Å². The van der Waals surface area contributed by atoms with Crippen molar-refractivity contribution in [1.82, 2.24) is 14.7 Å². The summed E-state index contributed by atoms with van der Waals surface area (Å²) in [5.41, 5.74) is 3.49. The van der Waals surface area contributed by atoms with Crippen LogP contribution in [-0.2, 0) is 6.54 Å². The molecule has 19 heavy (non-hydrogen) atoms. The molecule has 1 fully saturated rings. The fraction of sp³-hybridized carbons (Fsp3) is 0.562. The normalized spacial score (nSPS) is 23.9. The molecule has 0 aromatic carbocycles. The molecule has 0 spiro atoms. The molecule has 2 aromatic rings. The fourth-order valence-electron chi connectivity index (χ4n) is 3.08. The Morgan fingerprint density at radius 2 is 2.05 bits per heavy atom. The van der Waals surface area contributed by atoms with Crippen LogP contribution in [0.4, 0.5) is 0 Å². The average molecular weight is 257 g/mol. The molecule has 0 bridgehead atoms. The van der Waals surface area contributed by atoms with E-state index in [0.29, 0.717) is 6.04 Å². The quantitative estimate of drug-likeness (QED) is 0.914. The molecule has 0 aliphatic heterocycles. The zero-order chi connectivity index (χ0) is 13.2. The molecular formula is C16H23N3. The molecule has 2 heterocycles. The molecule has 0 saturated heterocycles. The van der Waals surface area contributed by atoms with Gasteiger partial charge in [-0.3, -0.25) is 0 Å². The van der Waals surface area contributed by atoms with E-state index in [2.05, 4.69) is 46.9 Å². The van der Waals surface area contributed by atoms with Crippen LogP contribution in [0.5, 0.6) is 0 Å². The van der Waals surface area contributed by atoms with Crippen molar-refractivity contribution in [3.8, 4) is 0 Å². The van der Waals surface area contributed by atoms with Crippen LogP contribution in [0, 0.1) is 12.8 Å². The summed E-state index contributed by atoms with van der Waals surface area (Å²) in [6.07, 6.45) is 7.47. The SMILES string of the molecule is Cc1nc2ccccn2c1CNC1CCC(C)CC1. The summed E-state index contributed by atoms with van der Waals surface area (Å²) in [6, 6.07) is 6.87. The van der Waals surface area contributed by atoms with E-state index in [1.54, 1.807) is 0 Å². The molecule has 1 aliphatic rings. The number of pyridine rings is 1. The van der Waals surface area contributed by atoms with E-state index in [1.165, 1.54) is 31.4 Å². The van der Waals surface area contributed by atoms with Crippen LogP contribution in [0.15, 0.2) is 24.4 Å². The fourth-order valence-corrected chi connectivity index (χ4v) is 3.08. The van der Waals surface area contributed by atoms with Crippen LogP contribution in [0.2, 0.25) is 0 Å². The molecule has 2 aromatic heterocycles. The van der Waals surface area contributed by atoms with Crippen LogP contribution in [0.3, 0.4) is 0 Å². The third-order valence-corrected chi connectivity index (χ3v) is 4.40. The van der Waals surface area contributed by atoms with Gasteiger partial charge in [0.2, 0.25) is 0 Å². The molecule has 0 unspecified atom stereocenters. The second kappa shape index (κ2) is 5.33. The lowest BCUT2D eigenvalue weighted by atomic mass is 9.87. The lowest BCUT2D eigenvalue weighted by Crippen LogP contribution is -2.32. The number of hydrogen-bond donors (Lipinski definition) is 1. The predicted molar refractivity (Wildman–Crippen MR) is 78.2 cm³/mol. The van der Waals surface area contributed by atoms with Gasteiger partial charge in [-0.05, 0) is 50.7 Å². The first-order chi connectivity index (χ1) is 9.24. The van der Waals surface area contributed by atoms with E-state index in [0.717, 1.165) is 23.8 Å². The standard InChI is InChI=1S/C16H23N3/c1-12-6-8-14(9-7-12)17-11-15-13(2)18-16-5-3-4-10-19(15)16/h3-5,10,12,14,17H,6-9,11H2,1-2H3. The van der Waals surface area contributed by atoms with Gasteiger partial charge in [0.25, 0.3) is 0 Å². The Morgan fingerprint density at radius 3 is 2.84 bits per heavy atom. The smallest absolute Gasteiger partial charge is 0.137 e. The maximum Gasteiger partial charge on any atom is 0.137 e. The van der Waals surface area contributed by atoms with Crippen molar-refractivity contribution >= 4 is 5.65 Å². The topological polar surface area (TPSA) is 29.3 Å². The first-order valence-electron chi connectivity index (χ1n) is 7.40. The van der Waals surface area contributed by atoms with Crippen molar-refractivity contribution in [1.29, 1.82) is 0 Å². The van der Waals surface area contributed by atoms with Gasteiger partial charge in [-0.25, -0.2) is 4.98 Å². The van der Waals surface area contributed by atoms with Crippen LogP contribution in [-0.4, -0.2) is 15.4 Å². The van der Waals surface area contributed by atoms with Crippen molar-refractivity contribution in [2.45, 2.75) is 52.1 Å². The average Bonchev–Trinajstić information content (AvgIpc) is 2.74. The second-order valence-electron chi connectivity index (χ2n) is 5.91. The summed E-state index contributed by atoms with van der Waals surface area (Å²) in [5, 5.41) is 3.72. The van der Waals surface area contributed by atoms with Crippen LogP contribution >= 0.6 is 0 Å². The third kappa shape index (κ3) is 2.66. The van der Waals surface area contributed by atoms with E-state index in [-0.39, 0.29) is 0 Å². The lowest BCUT2D eigenvalue weighted by molar-refractivity contribution is 0.305. The van der Waals surface area contributed by atoms with Crippen molar-refractivity contribution < 1.29 is 0 Å². The summed E-state index contributed by atoms with van der Waals surface area (Å²) >= 11 is 0. The molecule has 1 saturated carbocycles. The summed E-state index contributed by atoms with van der Waals surface area (Å²) in [5.74, 6) is 0.913. The van der Waals surface area contributed by atoms with E-state index >= 15 is 0 Å². The third-order valence-electron chi connectivity index (χ3n) is 4.40.